The topological polar surface area (TPSA) is 90.7 Å². The van der Waals surface area contributed by atoms with E-state index in [-0.39, 0.29) is 4.90 Å². The Morgan fingerprint density at radius 2 is 1.81 bits per heavy atom. The Kier molecular flexibility index (Phi) is 5.16. The largest absolute Gasteiger partial charge is 0.497 e. The molecule has 2 heterocycles. The molecule has 1 N–H and O–H groups in total. The number of aryl methyl sites for hydroxylation is 3. The summed E-state index contributed by atoms with van der Waals surface area (Å²) >= 11 is 1.40. The summed E-state index contributed by atoms with van der Waals surface area (Å²) in [6.45, 7) is 5.41. The van der Waals surface area contributed by atoms with Crippen molar-refractivity contribution in [1.82, 2.24) is 5.16 Å². The molecule has 144 valence electrons. The van der Waals surface area contributed by atoms with Crippen molar-refractivity contribution in [3.63, 3.8) is 0 Å². The van der Waals surface area contributed by atoms with Crippen LogP contribution in [0.3, 0.4) is 0 Å². The summed E-state index contributed by atoms with van der Waals surface area (Å²) < 4.78 is 44.8. The number of aromatic nitrogens is 1. The highest BCUT2D eigenvalue weighted by molar-refractivity contribution is 7.93. The number of benzene rings is 1. The minimum Gasteiger partial charge on any atom is -0.497 e. The average molecular weight is 409 g/mol. The first-order valence-electron chi connectivity index (χ1n) is 8.05. The van der Waals surface area contributed by atoms with Gasteiger partial charge < -0.3 is 14.0 Å². The van der Waals surface area contributed by atoms with Crippen molar-refractivity contribution in [3.8, 4) is 22.8 Å². The van der Waals surface area contributed by atoms with E-state index in [0.29, 0.717) is 39.1 Å². The quantitative estimate of drug-likeness (QED) is 0.659. The molecule has 3 rings (SSSR count). The molecule has 0 saturated carbocycles. The van der Waals surface area contributed by atoms with Crippen LogP contribution in [0.2, 0.25) is 0 Å². The molecule has 0 amide bonds. The molecule has 3 aromatic rings. The van der Waals surface area contributed by atoms with Gasteiger partial charge >= 0.3 is 0 Å². The fourth-order valence-electron chi connectivity index (χ4n) is 2.83. The lowest BCUT2D eigenvalue weighted by atomic mass is 10.2. The molecule has 0 aliphatic rings. The Labute approximate surface area is 162 Å². The number of hydrogen-bond donors (Lipinski definition) is 1. The molecule has 0 aliphatic carbocycles. The van der Waals surface area contributed by atoms with Crippen molar-refractivity contribution >= 4 is 27.0 Å². The molecule has 0 spiro atoms. The molecule has 27 heavy (non-hydrogen) atoms. The van der Waals surface area contributed by atoms with Crippen LogP contribution in [-0.4, -0.2) is 27.8 Å². The van der Waals surface area contributed by atoms with E-state index in [0.717, 1.165) is 4.88 Å². The van der Waals surface area contributed by atoms with Gasteiger partial charge in [0.05, 0.1) is 31.2 Å². The van der Waals surface area contributed by atoms with Crippen molar-refractivity contribution in [3.05, 3.63) is 39.7 Å². The first-order valence-corrected chi connectivity index (χ1v) is 10.3. The number of ether oxygens (including phenoxy) is 2. The second kappa shape index (κ2) is 7.24. The van der Waals surface area contributed by atoms with Gasteiger partial charge in [-0.1, -0.05) is 5.16 Å². The zero-order valence-corrected chi connectivity index (χ0v) is 17.2. The first kappa shape index (κ1) is 19.2. The maximum absolute atomic E-state index is 13.2. The van der Waals surface area contributed by atoms with E-state index in [2.05, 4.69) is 9.88 Å². The predicted molar refractivity (Wildman–Crippen MR) is 104 cm³/mol. The molecule has 0 radical (unpaired) electrons. The van der Waals surface area contributed by atoms with Gasteiger partial charge in [-0.2, -0.15) is 0 Å². The molecule has 0 fully saturated rings. The Morgan fingerprint density at radius 3 is 2.41 bits per heavy atom. The van der Waals surface area contributed by atoms with Gasteiger partial charge in [0.1, 0.15) is 16.4 Å². The Balaban J connectivity index is 2.09. The summed E-state index contributed by atoms with van der Waals surface area (Å²) in [7, 11) is -0.896. The number of nitrogens with one attached hydrogen (secondary N) is 1. The second-order valence-electron chi connectivity index (χ2n) is 5.92. The van der Waals surface area contributed by atoms with Crippen LogP contribution >= 0.6 is 11.3 Å². The van der Waals surface area contributed by atoms with Gasteiger partial charge in [-0.05, 0) is 32.9 Å². The van der Waals surface area contributed by atoms with E-state index in [1.54, 1.807) is 38.1 Å². The minimum atomic E-state index is -3.89. The highest BCUT2D eigenvalue weighted by Gasteiger charge is 2.29. The fraction of sp³-hybridized carbons (Fsp3) is 0.278. The van der Waals surface area contributed by atoms with Crippen molar-refractivity contribution in [2.24, 2.45) is 0 Å². The van der Waals surface area contributed by atoms with E-state index in [9.17, 15) is 8.42 Å². The van der Waals surface area contributed by atoms with Crippen LogP contribution in [0.25, 0.3) is 11.3 Å². The van der Waals surface area contributed by atoms with Gasteiger partial charge in [-0.3, -0.25) is 4.72 Å². The van der Waals surface area contributed by atoms with Crippen LogP contribution in [0, 0.1) is 20.8 Å². The van der Waals surface area contributed by atoms with Crippen molar-refractivity contribution in [1.29, 1.82) is 0 Å². The van der Waals surface area contributed by atoms with E-state index in [4.69, 9.17) is 14.0 Å². The SMILES string of the molecule is COc1ccc(NS(=O)(=O)c2c(C)sc(C)c2-c2cc(C)no2)c(OC)c1. The number of sulfonamides is 1. The van der Waals surface area contributed by atoms with E-state index in [1.165, 1.54) is 25.6 Å². The maximum atomic E-state index is 13.2. The highest BCUT2D eigenvalue weighted by Crippen LogP contribution is 2.40. The van der Waals surface area contributed by atoms with Gasteiger partial charge in [0.15, 0.2) is 5.76 Å². The summed E-state index contributed by atoms with van der Waals surface area (Å²) in [5.74, 6) is 1.35. The van der Waals surface area contributed by atoms with Crippen molar-refractivity contribution in [2.45, 2.75) is 25.7 Å². The van der Waals surface area contributed by atoms with Crippen molar-refractivity contribution in [2.75, 3.05) is 18.9 Å². The van der Waals surface area contributed by atoms with Crippen molar-refractivity contribution < 1.29 is 22.4 Å². The van der Waals surface area contributed by atoms with Crippen LogP contribution in [0.15, 0.2) is 33.7 Å². The molecule has 1 aromatic carbocycles. The molecule has 9 heteroatoms. The lowest BCUT2D eigenvalue weighted by molar-refractivity contribution is 0.395. The zero-order valence-electron chi connectivity index (χ0n) is 15.6. The summed E-state index contributed by atoms with van der Waals surface area (Å²) in [5, 5.41) is 3.88. The monoisotopic (exact) mass is 408 g/mol. The summed E-state index contributed by atoms with van der Waals surface area (Å²) in [4.78, 5) is 1.68. The number of thiophene rings is 1. The van der Waals surface area contributed by atoms with Crippen LogP contribution in [0.4, 0.5) is 5.69 Å². The molecule has 0 aliphatic heterocycles. The highest BCUT2D eigenvalue weighted by atomic mass is 32.2. The molecular formula is C18H20N2O5S2. The number of hydrogen-bond acceptors (Lipinski definition) is 7. The van der Waals surface area contributed by atoms with Crippen LogP contribution in [0.5, 0.6) is 11.5 Å². The fourth-order valence-corrected chi connectivity index (χ4v) is 5.77. The Hall–Kier alpha value is -2.52. The molecule has 0 saturated heterocycles. The van der Waals surface area contributed by atoms with Gasteiger partial charge in [-0.25, -0.2) is 8.42 Å². The van der Waals surface area contributed by atoms with E-state index >= 15 is 0 Å². The van der Waals surface area contributed by atoms with E-state index in [1.807, 2.05) is 6.92 Å². The third-order valence-corrected chi connectivity index (χ3v) is 6.69. The zero-order chi connectivity index (χ0) is 19.8. The predicted octanol–water partition coefficient (Wildman–Crippen LogP) is 4.15. The number of rotatable bonds is 6. The lowest BCUT2D eigenvalue weighted by Crippen LogP contribution is -2.15. The number of anilines is 1. The van der Waals surface area contributed by atoms with Gasteiger partial charge in [0.25, 0.3) is 10.0 Å². The molecule has 0 unspecified atom stereocenters. The molecule has 0 bridgehead atoms. The summed E-state index contributed by atoms with van der Waals surface area (Å²) in [6.07, 6.45) is 0. The second-order valence-corrected chi connectivity index (χ2v) is 8.97. The summed E-state index contributed by atoms with van der Waals surface area (Å²) in [5.41, 5.74) is 1.53. The minimum absolute atomic E-state index is 0.180. The van der Waals surface area contributed by atoms with Gasteiger partial charge in [0, 0.05) is 21.9 Å². The maximum Gasteiger partial charge on any atom is 0.263 e. The van der Waals surface area contributed by atoms with Gasteiger partial charge in [0.2, 0.25) is 0 Å². The lowest BCUT2D eigenvalue weighted by Gasteiger charge is -2.14. The molecule has 2 aromatic heterocycles. The van der Waals surface area contributed by atoms with Crippen LogP contribution in [-0.2, 0) is 10.0 Å². The Bertz CT molecular complexity index is 1080. The van der Waals surface area contributed by atoms with Crippen LogP contribution < -0.4 is 14.2 Å². The standard InChI is InChI=1S/C18H20N2O5S2/c1-10-8-16(25-19-10)17-11(2)26-12(3)18(17)27(21,22)20-14-7-6-13(23-4)9-15(14)24-5/h6-9,20H,1-5H3. The molecular weight excluding hydrogens is 388 g/mol. The van der Waals surface area contributed by atoms with Gasteiger partial charge in [-0.15, -0.1) is 11.3 Å². The van der Waals surface area contributed by atoms with E-state index < -0.39 is 10.0 Å². The third-order valence-electron chi connectivity index (χ3n) is 4.00. The van der Waals surface area contributed by atoms with Crippen LogP contribution in [0.1, 0.15) is 15.4 Å². The third kappa shape index (κ3) is 3.65. The first-order chi connectivity index (χ1) is 12.8. The molecule has 0 atom stereocenters. The number of methoxy groups -OCH3 is 2. The average Bonchev–Trinajstić information content (AvgIpc) is 3.17. The number of nitrogens with zero attached hydrogens (tertiary/aromatic N) is 1. The smallest absolute Gasteiger partial charge is 0.263 e. The summed E-state index contributed by atoms with van der Waals surface area (Å²) in [6, 6.07) is 6.60. The normalized spacial score (nSPS) is 11.4. The molecule has 7 nitrogen and oxygen atoms in total. The Morgan fingerprint density at radius 1 is 1.07 bits per heavy atom.